The first-order chi connectivity index (χ1) is 12.7. The fraction of sp³-hybridized carbons (Fsp3) is 0.455. The molecule has 0 unspecified atom stereocenters. The minimum absolute atomic E-state index is 0.0252. The number of thioether (sulfide) groups is 1. The summed E-state index contributed by atoms with van der Waals surface area (Å²) in [6, 6.07) is 4.36. The Kier molecular flexibility index (Phi) is 5.26. The third kappa shape index (κ3) is 3.45. The highest BCUT2D eigenvalue weighted by Gasteiger charge is 2.35. The zero-order valence-corrected chi connectivity index (χ0v) is 17.9. The molecule has 0 radical (unpaired) electrons. The van der Waals surface area contributed by atoms with Crippen LogP contribution in [-0.2, 0) is 4.79 Å². The Labute approximate surface area is 166 Å². The van der Waals surface area contributed by atoms with Crippen molar-refractivity contribution in [1.29, 1.82) is 0 Å². The molecule has 0 aliphatic carbocycles. The van der Waals surface area contributed by atoms with Gasteiger partial charge < -0.3 is 4.90 Å². The highest BCUT2D eigenvalue weighted by molar-refractivity contribution is 8.18. The van der Waals surface area contributed by atoms with E-state index >= 15 is 0 Å². The lowest BCUT2D eigenvalue weighted by atomic mass is 9.87. The normalized spacial score (nSPS) is 20.4. The highest BCUT2D eigenvalue weighted by Crippen LogP contribution is 2.41. The lowest BCUT2D eigenvalue weighted by Crippen LogP contribution is -2.44. The van der Waals surface area contributed by atoms with Crippen LogP contribution in [0.1, 0.15) is 57.7 Å². The number of carbonyl (C=O) groups excluding carboxylic acids is 2. The van der Waals surface area contributed by atoms with Crippen LogP contribution in [0.2, 0.25) is 0 Å². The Bertz CT molecular complexity index is 867. The van der Waals surface area contributed by atoms with Gasteiger partial charge in [-0.15, -0.1) is 0 Å². The van der Waals surface area contributed by atoms with Crippen LogP contribution in [-0.4, -0.2) is 34.7 Å². The van der Waals surface area contributed by atoms with Crippen LogP contribution in [0, 0.1) is 6.92 Å². The van der Waals surface area contributed by atoms with E-state index in [0.717, 1.165) is 35.9 Å². The third-order valence-electron chi connectivity index (χ3n) is 5.29. The van der Waals surface area contributed by atoms with Crippen LogP contribution in [0.4, 0.5) is 10.5 Å². The molecular formula is C22H28N2O2S. The van der Waals surface area contributed by atoms with E-state index < -0.39 is 0 Å². The number of hydrogen-bond acceptors (Lipinski definition) is 4. The van der Waals surface area contributed by atoms with Gasteiger partial charge in [0.15, 0.2) is 0 Å². The third-order valence-corrected chi connectivity index (χ3v) is 6.20. The summed E-state index contributed by atoms with van der Waals surface area (Å²) in [4.78, 5) is 28.9. The van der Waals surface area contributed by atoms with Gasteiger partial charge in [0.25, 0.3) is 11.1 Å². The highest BCUT2D eigenvalue weighted by atomic mass is 32.2. The summed E-state index contributed by atoms with van der Waals surface area (Å²) in [5.74, 6) is -0.174. The van der Waals surface area contributed by atoms with Crippen molar-refractivity contribution in [3.05, 3.63) is 39.8 Å². The maximum atomic E-state index is 12.6. The number of aryl methyl sites for hydroxylation is 1. The van der Waals surface area contributed by atoms with E-state index in [1.54, 1.807) is 0 Å². The molecule has 3 rings (SSSR count). The molecule has 0 N–H and O–H groups in total. The van der Waals surface area contributed by atoms with Crippen LogP contribution in [0.3, 0.4) is 0 Å². The summed E-state index contributed by atoms with van der Waals surface area (Å²) in [6.07, 6.45) is 4.95. The van der Waals surface area contributed by atoms with Gasteiger partial charge in [0.2, 0.25) is 0 Å². The van der Waals surface area contributed by atoms with Crippen molar-refractivity contribution in [2.45, 2.75) is 53.5 Å². The SMILES string of the molecule is CCCN1C(=O)S/C(=C\c2cc3c(cc2C)N(CC)C(C)(C)C=C3C)C1=O. The van der Waals surface area contributed by atoms with Gasteiger partial charge in [0, 0.05) is 24.3 Å². The largest absolute Gasteiger partial charge is 0.363 e. The number of hydrogen-bond donors (Lipinski definition) is 0. The first kappa shape index (κ1) is 19.7. The van der Waals surface area contributed by atoms with Gasteiger partial charge in [-0.1, -0.05) is 13.0 Å². The molecule has 1 fully saturated rings. The smallest absolute Gasteiger partial charge is 0.293 e. The zero-order valence-electron chi connectivity index (χ0n) is 17.0. The minimum atomic E-state index is -0.174. The molecule has 2 aliphatic rings. The number of benzene rings is 1. The second kappa shape index (κ2) is 7.19. The Morgan fingerprint density at radius 1 is 1.15 bits per heavy atom. The minimum Gasteiger partial charge on any atom is -0.363 e. The number of rotatable bonds is 4. The van der Waals surface area contributed by atoms with Crippen LogP contribution in [0.25, 0.3) is 11.6 Å². The zero-order chi connectivity index (χ0) is 19.9. The summed E-state index contributed by atoms with van der Waals surface area (Å²) in [5.41, 5.74) is 5.76. The van der Waals surface area contributed by atoms with E-state index in [1.165, 1.54) is 21.7 Å². The molecule has 27 heavy (non-hydrogen) atoms. The quantitative estimate of drug-likeness (QED) is 0.646. The molecule has 1 aromatic carbocycles. The molecule has 5 heteroatoms. The van der Waals surface area contributed by atoms with Crippen molar-refractivity contribution in [1.82, 2.24) is 4.90 Å². The maximum absolute atomic E-state index is 12.6. The van der Waals surface area contributed by atoms with Crippen molar-refractivity contribution in [2.75, 3.05) is 18.0 Å². The van der Waals surface area contributed by atoms with Gasteiger partial charge in [-0.05, 0) is 87.7 Å². The standard InChI is InChI=1S/C22H28N2O2S/c1-7-9-23-20(25)19(27-21(23)26)12-16-11-17-15(4)13-22(5,6)24(8-2)18(17)10-14(16)3/h10-13H,7-9H2,1-6H3/b19-12-. The van der Waals surface area contributed by atoms with Crippen LogP contribution in [0.15, 0.2) is 23.1 Å². The van der Waals surface area contributed by atoms with Crippen molar-refractivity contribution in [3.63, 3.8) is 0 Å². The van der Waals surface area contributed by atoms with Crippen molar-refractivity contribution in [3.8, 4) is 0 Å². The van der Waals surface area contributed by atoms with Gasteiger partial charge in [-0.2, -0.15) is 0 Å². The first-order valence-electron chi connectivity index (χ1n) is 9.57. The van der Waals surface area contributed by atoms with Gasteiger partial charge in [-0.25, -0.2) is 0 Å². The van der Waals surface area contributed by atoms with Crippen LogP contribution < -0.4 is 4.90 Å². The number of carbonyl (C=O) groups is 2. The Morgan fingerprint density at radius 2 is 1.85 bits per heavy atom. The van der Waals surface area contributed by atoms with E-state index in [-0.39, 0.29) is 16.7 Å². The number of imide groups is 1. The lowest BCUT2D eigenvalue weighted by molar-refractivity contribution is -0.122. The number of nitrogens with zero attached hydrogens (tertiary/aromatic N) is 2. The molecule has 2 amide bonds. The Balaban J connectivity index is 2.04. The number of anilines is 1. The Hall–Kier alpha value is -2.01. The van der Waals surface area contributed by atoms with Crippen LogP contribution in [0.5, 0.6) is 0 Å². The number of likely N-dealkylation sites (N-methyl/N-ethyl adjacent to an activating group) is 1. The molecule has 4 nitrogen and oxygen atoms in total. The first-order valence-corrected chi connectivity index (χ1v) is 10.4. The topological polar surface area (TPSA) is 40.6 Å². The number of amides is 2. The molecule has 1 aromatic rings. The molecule has 0 spiro atoms. The number of fused-ring (bicyclic) bond motifs is 1. The summed E-state index contributed by atoms with van der Waals surface area (Å²) >= 11 is 1.04. The molecule has 0 bridgehead atoms. The molecule has 0 aromatic heterocycles. The van der Waals surface area contributed by atoms with Gasteiger partial charge in [0.05, 0.1) is 10.4 Å². The fourth-order valence-electron chi connectivity index (χ4n) is 4.04. The van der Waals surface area contributed by atoms with Crippen molar-refractivity contribution < 1.29 is 9.59 Å². The second-order valence-corrected chi connectivity index (χ2v) is 8.78. The average molecular weight is 385 g/mol. The van der Waals surface area contributed by atoms with Crippen molar-refractivity contribution in [2.24, 2.45) is 0 Å². The van der Waals surface area contributed by atoms with E-state index in [0.29, 0.717) is 11.4 Å². The molecule has 0 saturated carbocycles. The molecule has 0 atom stereocenters. The maximum Gasteiger partial charge on any atom is 0.293 e. The van der Waals surface area contributed by atoms with E-state index in [4.69, 9.17) is 0 Å². The second-order valence-electron chi connectivity index (χ2n) is 7.78. The molecular weight excluding hydrogens is 356 g/mol. The van der Waals surface area contributed by atoms with E-state index in [1.807, 2.05) is 13.0 Å². The molecule has 1 saturated heterocycles. The predicted octanol–water partition coefficient (Wildman–Crippen LogP) is 5.46. The molecule has 144 valence electrons. The van der Waals surface area contributed by atoms with Crippen molar-refractivity contribution >= 4 is 40.2 Å². The summed E-state index contributed by atoms with van der Waals surface area (Å²) in [7, 11) is 0. The average Bonchev–Trinajstić information content (AvgIpc) is 2.84. The number of allylic oxidation sites excluding steroid dienone is 1. The van der Waals surface area contributed by atoms with E-state index in [2.05, 4.69) is 57.7 Å². The van der Waals surface area contributed by atoms with Gasteiger partial charge >= 0.3 is 0 Å². The monoisotopic (exact) mass is 384 g/mol. The lowest BCUT2D eigenvalue weighted by Gasteiger charge is -2.43. The summed E-state index contributed by atoms with van der Waals surface area (Å²) < 4.78 is 0. The van der Waals surface area contributed by atoms with Gasteiger partial charge in [-0.3, -0.25) is 14.5 Å². The van der Waals surface area contributed by atoms with Crippen LogP contribution >= 0.6 is 11.8 Å². The summed E-state index contributed by atoms with van der Waals surface area (Å²) in [5, 5.41) is -0.168. The van der Waals surface area contributed by atoms with Gasteiger partial charge in [0.1, 0.15) is 0 Å². The van der Waals surface area contributed by atoms with E-state index in [9.17, 15) is 9.59 Å². The predicted molar refractivity (Wildman–Crippen MR) is 115 cm³/mol. The Morgan fingerprint density at radius 3 is 2.48 bits per heavy atom. The summed E-state index contributed by atoms with van der Waals surface area (Å²) in [6.45, 7) is 14.2. The molecule has 2 heterocycles. The molecule has 2 aliphatic heterocycles. The fourth-order valence-corrected chi connectivity index (χ4v) is 4.89.